The Hall–Kier alpha value is -0.870. The number of benzene rings is 1. The Morgan fingerprint density at radius 3 is 2.95 bits per heavy atom. The van der Waals surface area contributed by atoms with Gasteiger partial charge in [0.2, 0.25) is 0 Å². The van der Waals surface area contributed by atoms with Crippen molar-refractivity contribution in [2.45, 2.75) is 26.3 Å². The summed E-state index contributed by atoms with van der Waals surface area (Å²) in [6.45, 7) is 7.46. The van der Waals surface area contributed by atoms with Crippen LogP contribution in [0.25, 0.3) is 0 Å². The summed E-state index contributed by atoms with van der Waals surface area (Å²) in [5, 5.41) is 3.04. The first-order chi connectivity index (χ1) is 9.06. The number of nitrogens with zero attached hydrogens (tertiary/aromatic N) is 1. The van der Waals surface area contributed by atoms with Gasteiger partial charge in [0, 0.05) is 29.2 Å². The Kier molecular flexibility index (Phi) is 4.99. The van der Waals surface area contributed by atoms with Crippen LogP contribution in [-0.2, 0) is 0 Å². The van der Waals surface area contributed by atoms with E-state index >= 15 is 0 Å². The highest BCUT2D eigenvalue weighted by Gasteiger charge is 2.24. The van der Waals surface area contributed by atoms with Crippen LogP contribution in [0.5, 0.6) is 0 Å². The smallest absolute Gasteiger partial charge is 0.251 e. The number of carbonyl (C=O) groups is 1. The van der Waals surface area contributed by atoms with Gasteiger partial charge in [-0.25, -0.2) is 0 Å². The summed E-state index contributed by atoms with van der Waals surface area (Å²) >= 11 is 3.38. The molecule has 1 aliphatic rings. The summed E-state index contributed by atoms with van der Waals surface area (Å²) in [4.78, 5) is 14.5. The molecular formula is C15H21BrN2O. The largest absolute Gasteiger partial charge is 0.352 e. The zero-order chi connectivity index (χ0) is 13.8. The van der Waals surface area contributed by atoms with Crippen LogP contribution in [-0.4, -0.2) is 36.5 Å². The van der Waals surface area contributed by atoms with Gasteiger partial charge in [-0.2, -0.15) is 0 Å². The first-order valence-corrected chi connectivity index (χ1v) is 7.63. The molecule has 1 aromatic carbocycles. The molecule has 0 saturated carbocycles. The lowest BCUT2D eigenvalue weighted by molar-refractivity contribution is 0.0947. The summed E-state index contributed by atoms with van der Waals surface area (Å²) in [5.41, 5.74) is 0.716. The van der Waals surface area contributed by atoms with Crippen molar-refractivity contribution < 1.29 is 4.79 Å². The van der Waals surface area contributed by atoms with Gasteiger partial charge in [-0.15, -0.1) is 0 Å². The van der Waals surface area contributed by atoms with Crippen LogP contribution in [0.1, 0.15) is 30.6 Å². The second kappa shape index (κ2) is 6.53. The molecule has 104 valence electrons. The van der Waals surface area contributed by atoms with Crippen molar-refractivity contribution >= 4 is 21.8 Å². The normalized spacial score (nSPS) is 19.9. The van der Waals surface area contributed by atoms with Gasteiger partial charge in [-0.3, -0.25) is 4.79 Å². The van der Waals surface area contributed by atoms with Crippen LogP contribution in [0.15, 0.2) is 28.7 Å². The molecule has 0 spiro atoms. The standard InChI is InChI=1S/C15H21BrN2O/c1-11(2)18-7-6-12(10-18)9-17-15(19)13-4-3-5-14(16)8-13/h3-5,8,11-12H,6-7,9-10H2,1-2H3,(H,17,19)/t12-/m0/s1. The van der Waals surface area contributed by atoms with Gasteiger partial charge in [0.1, 0.15) is 0 Å². The van der Waals surface area contributed by atoms with Gasteiger partial charge in [0.15, 0.2) is 0 Å². The highest BCUT2D eigenvalue weighted by molar-refractivity contribution is 9.10. The van der Waals surface area contributed by atoms with Crippen molar-refractivity contribution in [1.29, 1.82) is 0 Å². The number of carbonyl (C=O) groups excluding carboxylic acids is 1. The third-order valence-corrected chi connectivity index (χ3v) is 4.18. The van der Waals surface area contributed by atoms with E-state index in [1.165, 1.54) is 6.42 Å². The van der Waals surface area contributed by atoms with Crippen LogP contribution in [0, 0.1) is 5.92 Å². The zero-order valence-electron chi connectivity index (χ0n) is 11.5. The summed E-state index contributed by atoms with van der Waals surface area (Å²) < 4.78 is 0.937. The number of amides is 1. The number of nitrogens with one attached hydrogen (secondary N) is 1. The van der Waals surface area contributed by atoms with E-state index in [4.69, 9.17) is 0 Å². The minimum Gasteiger partial charge on any atom is -0.352 e. The molecule has 1 heterocycles. The minimum absolute atomic E-state index is 0.0179. The van der Waals surface area contributed by atoms with Crippen LogP contribution < -0.4 is 5.32 Å². The molecule has 0 radical (unpaired) electrons. The Bertz CT molecular complexity index is 448. The second-order valence-electron chi connectivity index (χ2n) is 5.46. The van der Waals surface area contributed by atoms with Crippen LogP contribution in [0.2, 0.25) is 0 Å². The van der Waals surface area contributed by atoms with E-state index in [9.17, 15) is 4.79 Å². The molecule has 1 fully saturated rings. The predicted molar refractivity (Wildman–Crippen MR) is 81.3 cm³/mol. The van der Waals surface area contributed by atoms with E-state index < -0.39 is 0 Å². The molecular weight excluding hydrogens is 304 g/mol. The van der Waals surface area contributed by atoms with Gasteiger partial charge < -0.3 is 10.2 Å². The van der Waals surface area contributed by atoms with Gasteiger partial charge >= 0.3 is 0 Å². The lowest BCUT2D eigenvalue weighted by atomic mass is 10.1. The Morgan fingerprint density at radius 2 is 2.32 bits per heavy atom. The molecule has 1 aliphatic heterocycles. The van der Waals surface area contributed by atoms with E-state index in [2.05, 4.69) is 40.0 Å². The first-order valence-electron chi connectivity index (χ1n) is 6.84. The monoisotopic (exact) mass is 324 g/mol. The summed E-state index contributed by atoms with van der Waals surface area (Å²) in [7, 11) is 0. The number of rotatable bonds is 4. The molecule has 1 aromatic rings. The lowest BCUT2D eigenvalue weighted by Crippen LogP contribution is -2.32. The number of halogens is 1. The maximum Gasteiger partial charge on any atom is 0.251 e. The van der Waals surface area contributed by atoms with Gasteiger partial charge in [-0.1, -0.05) is 22.0 Å². The van der Waals surface area contributed by atoms with E-state index in [-0.39, 0.29) is 5.91 Å². The van der Waals surface area contributed by atoms with E-state index in [0.29, 0.717) is 17.5 Å². The molecule has 1 N–H and O–H groups in total. The zero-order valence-corrected chi connectivity index (χ0v) is 13.1. The molecule has 1 amide bonds. The first kappa shape index (κ1) is 14.5. The Balaban J connectivity index is 1.82. The second-order valence-corrected chi connectivity index (χ2v) is 6.38. The van der Waals surface area contributed by atoms with Gasteiger partial charge in [0.25, 0.3) is 5.91 Å². The molecule has 2 rings (SSSR count). The van der Waals surface area contributed by atoms with Gasteiger partial charge in [0.05, 0.1) is 0 Å². The van der Waals surface area contributed by atoms with Crippen LogP contribution in [0.3, 0.4) is 0 Å². The maximum atomic E-state index is 12.0. The number of hydrogen-bond acceptors (Lipinski definition) is 2. The molecule has 0 unspecified atom stereocenters. The number of hydrogen-bond donors (Lipinski definition) is 1. The van der Waals surface area contributed by atoms with Crippen molar-refractivity contribution in [2.75, 3.05) is 19.6 Å². The third-order valence-electron chi connectivity index (χ3n) is 3.69. The van der Waals surface area contributed by atoms with Crippen molar-refractivity contribution in [2.24, 2.45) is 5.92 Å². The maximum absolute atomic E-state index is 12.0. The molecule has 1 atom stereocenters. The molecule has 4 heteroatoms. The van der Waals surface area contributed by atoms with E-state index in [1.54, 1.807) is 0 Å². The fourth-order valence-electron chi connectivity index (χ4n) is 2.47. The van der Waals surface area contributed by atoms with Crippen molar-refractivity contribution in [3.8, 4) is 0 Å². The Labute approximate surface area is 123 Å². The quantitative estimate of drug-likeness (QED) is 0.923. The SMILES string of the molecule is CC(C)N1CC[C@@H](CNC(=O)c2cccc(Br)c2)C1. The Morgan fingerprint density at radius 1 is 1.53 bits per heavy atom. The topological polar surface area (TPSA) is 32.3 Å². The molecule has 0 aliphatic carbocycles. The van der Waals surface area contributed by atoms with E-state index in [1.807, 2.05) is 24.3 Å². The fourth-order valence-corrected chi connectivity index (χ4v) is 2.87. The average molecular weight is 325 g/mol. The molecule has 19 heavy (non-hydrogen) atoms. The van der Waals surface area contributed by atoms with Crippen molar-refractivity contribution in [1.82, 2.24) is 10.2 Å². The average Bonchev–Trinajstić information content (AvgIpc) is 2.85. The van der Waals surface area contributed by atoms with Gasteiger partial charge in [-0.05, 0) is 50.9 Å². The number of likely N-dealkylation sites (tertiary alicyclic amines) is 1. The van der Waals surface area contributed by atoms with Crippen molar-refractivity contribution in [3.05, 3.63) is 34.3 Å². The fraction of sp³-hybridized carbons (Fsp3) is 0.533. The molecule has 0 bridgehead atoms. The highest BCUT2D eigenvalue weighted by atomic mass is 79.9. The summed E-state index contributed by atoms with van der Waals surface area (Å²) in [5.74, 6) is 0.600. The molecule has 0 aromatic heterocycles. The predicted octanol–water partition coefficient (Wildman–Crippen LogP) is 2.91. The third kappa shape index (κ3) is 4.05. The van der Waals surface area contributed by atoms with E-state index in [0.717, 1.165) is 24.1 Å². The lowest BCUT2D eigenvalue weighted by Gasteiger charge is -2.20. The van der Waals surface area contributed by atoms with Crippen LogP contribution in [0.4, 0.5) is 0 Å². The van der Waals surface area contributed by atoms with Crippen molar-refractivity contribution in [3.63, 3.8) is 0 Å². The summed E-state index contributed by atoms with van der Waals surface area (Å²) in [6, 6.07) is 8.11. The summed E-state index contributed by atoms with van der Waals surface area (Å²) in [6.07, 6.45) is 1.18. The minimum atomic E-state index is 0.0179. The molecule has 1 saturated heterocycles. The highest BCUT2D eigenvalue weighted by Crippen LogP contribution is 2.18. The molecule has 3 nitrogen and oxygen atoms in total. The van der Waals surface area contributed by atoms with Crippen LogP contribution >= 0.6 is 15.9 Å².